The lowest BCUT2D eigenvalue weighted by Gasteiger charge is -2.32. The second-order valence-corrected chi connectivity index (χ2v) is 6.00. The van der Waals surface area contributed by atoms with E-state index in [2.05, 4.69) is 10.6 Å². The van der Waals surface area contributed by atoms with Crippen LogP contribution in [0.4, 0.5) is 5.69 Å². The number of nitrogens with one attached hydrogen (secondary N) is 2. The minimum atomic E-state index is -0.739. The van der Waals surface area contributed by atoms with Gasteiger partial charge in [0.25, 0.3) is 0 Å². The minimum absolute atomic E-state index is 0.191. The number of halogens is 1. The molecule has 132 valence electrons. The van der Waals surface area contributed by atoms with Gasteiger partial charge in [-0.3, -0.25) is 9.59 Å². The highest BCUT2D eigenvalue weighted by Crippen LogP contribution is 2.28. The summed E-state index contributed by atoms with van der Waals surface area (Å²) in [7, 11) is 1.59. The normalized spacial score (nSPS) is 12.9. The highest BCUT2D eigenvalue weighted by Gasteiger charge is 2.31. The number of anilines is 1. The molecule has 0 bridgehead atoms. The van der Waals surface area contributed by atoms with E-state index >= 15 is 0 Å². The van der Waals surface area contributed by atoms with Gasteiger partial charge in [0.1, 0.15) is 5.60 Å². The van der Waals surface area contributed by atoms with Crippen LogP contribution in [0.15, 0.2) is 54.6 Å². The molecule has 0 aromatic heterocycles. The SMILES string of the molecule is CCC(CNC(=O)C(=O)Nc1ccc(Cl)cc1)(OC)c1ccccc1. The Balaban J connectivity index is 2.01. The number of benzene rings is 2. The molecule has 2 N–H and O–H groups in total. The maximum atomic E-state index is 12.1. The second-order valence-electron chi connectivity index (χ2n) is 5.56. The van der Waals surface area contributed by atoms with E-state index in [0.29, 0.717) is 17.1 Å². The minimum Gasteiger partial charge on any atom is -0.372 e. The van der Waals surface area contributed by atoms with E-state index < -0.39 is 17.4 Å². The monoisotopic (exact) mass is 360 g/mol. The van der Waals surface area contributed by atoms with Gasteiger partial charge >= 0.3 is 11.8 Å². The summed E-state index contributed by atoms with van der Waals surface area (Å²) in [4.78, 5) is 24.1. The Kier molecular flexibility index (Phi) is 6.56. The van der Waals surface area contributed by atoms with Crippen molar-refractivity contribution in [2.24, 2.45) is 0 Å². The Hall–Kier alpha value is -2.37. The number of amides is 2. The molecule has 1 unspecified atom stereocenters. The lowest BCUT2D eigenvalue weighted by Crippen LogP contribution is -2.45. The van der Waals surface area contributed by atoms with Crippen LogP contribution < -0.4 is 10.6 Å². The molecule has 1 atom stereocenters. The van der Waals surface area contributed by atoms with E-state index in [1.54, 1.807) is 31.4 Å². The summed E-state index contributed by atoms with van der Waals surface area (Å²) in [6.45, 7) is 2.16. The number of carbonyl (C=O) groups excluding carboxylic acids is 2. The van der Waals surface area contributed by atoms with Crippen LogP contribution in [0.3, 0.4) is 0 Å². The summed E-state index contributed by atoms with van der Waals surface area (Å²) in [6.07, 6.45) is 0.645. The van der Waals surface area contributed by atoms with Crippen molar-refractivity contribution in [1.82, 2.24) is 5.32 Å². The van der Waals surface area contributed by atoms with Gasteiger partial charge in [0.15, 0.2) is 0 Å². The predicted octanol–water partition coefficient (Wildman–Crippen LogP) is 3.35. The van der Waals surface area contributed by atoms with Crippen LogP contribution in [-0.4, -0.2) is 25.5 Å². The van der Waals surface area contributed by atoms with E-state index in [-0.39, 0.29) is 6.54 Å². The molecule has 0 saturated heterocycles. The third-order valence-electron chi connectivity index (χ3n) is 4.10. The molecule has 2 aromatic rings. The summed E-state index contributed by atoms with van der Waals surface area (Å²) >= 11 is 5.79. The van der Waals surface area contributed by atoms with E-state index in [4.69, 9.17) is 16.3 Å². The summed E-state index contributed by atoms with van der Waals surface area (Å²) in [5, 5.41) is 5.74. The largest absolute Gasteiger partial charge is 0.372 e. The lowest BCUT2D eigenvalue weighted by atomic mass is 9.90. The molecule has 0 saturated carbocycles. The summed E-state index contributed by atoms with van der Waals surface area (Å²) in [6, 6.07) is 16.1. The number of ether oxygens (including phenoxy) is 1. The maximum Gasteiger partial charge on any atom is 0.313 e. The van der Waals surface area contributed by atoms with Crippen LogP contribution in [0.2, 0.25) is 5.02 Å². The zero-order valence-corrected chi connectivity index (χ0v) is 15.0. The van der Waals surface area contributed by atoms with Crippen molar-refractivity contribution in [3.8, 4) is 0 Å². The van der Waals surface area contributed by atoms with Crippen molar-refractivity contribution in [2.45, 2.75) is 18.9 Å². The molecule has 6 heteroatoms. The topological polar surface area (TPSA) is 67.4 Å². The average molecular weight is 361 g/mol. The van der Waals surface area contributed by atoms with Gasteiger partial charge in [-0.2, -0.15) is 0 Å². The molecule has 2 amide bonds. The summed E-state index contributed by atoms with van der Waals surface area (Å²) in [5.74, 6) is -1.46. The van der Waals surface area contributed by atoms with Crippen molar-refractivity contribution in [3.05, 3.63) is 65.2 Å². The Morgan fingerprint density at radius 3 is 2.24 bits per heavy atom. The van der Waals surface area contributed by atoms with Gasteiger partial charge in [0.05, 0.1) is 6.54 Å². The van der Waals surface area contributed by atoms with Gasteiger partial charge in [-0.15, -0.1) is 0 Å². The van der Waals surface area contributed by atoms with Gasteiger partial charge < -0.3 is 15.4 Å². The fraction of sp³-hybridized carbons (Fsp3) is 0.263. The van der Waals surface area contributed by atoms with Crippen molar-refractivity contribution < 1.29 is 14.3 Å². The molecule has 25 heavy (non-hydrogen) atoms. The molecular weight excluding hydrogens is 340 g/mol. The van der Waals surface area contributed by atoms with Crippen LogP contribution in [0, 0.1) is 0 Å². The summed E-state index contributed by atoms with van der Waals surface area (Å²) < 4.78 is 5.67. The second kappa shape index (κ2) is 8.65. The Bertz CT molecular complexity index is 713. The lowest BCUT2D eigenvalue weighted by molar-refractivity contribution is -0.137. The predicted molar refractivity (Wildman–Crippen MR) is 98.5 cm³/mol. The molecule has 5 nitrogen and oxygen atoms in total. The third-order valence-corrected chi connectivity index (χ3v) is 4.36. The Morgan fingerprint density at radius 2 is 1.68 bits per heavy atom. The third kappa shape index (κ3) is 4.81. The van der Waals surface area contributed by atoms with Gasteiger partial charge in [-0.25, -0.2) is 0 Å². The molecule has 2 rings (SSSR count). The first kappa shape index (κ1) is 19.0. The van der Waals surface area contributed by atoms with E-state index in [1.165, 1.54) is 0 Å². The van der Waals surface area contributed by atoms with E-state index in [1.807, 2.05) is 37.3 Å². The molecule has 0 aliphatic heterocycles. The highest BCUT2D eigenvalue weighted by atomic mass is 35.5. The Labute approximate surface area is 152 Å². The van der Waals surface area contributed by atoms with Crippen LogP contribution in [0.1, 0.15) is 18.9 Å². The molecule has 2 aromatic carbocycles. The fourth-order valence-corrected chi connectivity index (χ4v) is 2.66. The molecule has 0 aliphatic carbocycles. The molecule has 0 heterocycles. The van der Waals surface area contributed by atoms with Gasteiger partial charge in [0, 0.05) is 17.8 Å². The molecule has 0 spiro atoms. The van der Waals surface area contributed by atoms with Gasteiger partial charge in [0.2, 0.25) is 0 Å². The number of hydrogen-bond acceptors (Lipinski definition) is 3. The first-order valence-electron chi connectivity index (χ1n) is 7.96. The van der Waals surface area contributed by atoms with Crippen LogP contribution in [0.25, 0.3) is 0 Å². The zero-order valence-electron chi connectivity index (χ0n) is 14.2. The van der Waals surface area contributed by atoms with Crippen molar-refractivity contribution >= 4 is 29.1 Å². The molecule has 0 radical (unpaired) electrons. The Morgan fingerprint density at radius 1 is 1.04 bits per heavy atom. The summed E-state index contributed by atoms with van der Waals surface area (Å²) in [5.41, 5.74) is 0.761. The number of methoxy groups -OCH3 is 1. The van der Waals surface area contributed by atoms with Crippen LogP contribution in [-0.2, 0) is 19.9 Å². The van der Waals surface area contributed by atoms with E-state index in [0.717, 1.165) is 5.56 Å². The van der Waals surface area contributed by atoms with Crippen molar-refractivity contribution in [3.63, 3.8) is 0 Å². The van der Waals surface area contributed by atoms with Crippen LogP contribution in [0.5, 0.6) is 0 Å². The molecule has 0 aliphatic rings. The smallest absolute Gasteiger partial charge is 0.313 e. The fourth-order valence-electron chi connectivity index (χ4n) is 2.53. The molecule has 0 fully saturated rings. The standard InChI is InChI=1S/C19H21ClN2O3/c1-3-19(25-2,14-7-5-4-6-8-14)13-21-17(23)18(24)22-16-11-9-15(20)10-12-16/h4-12H,3,13H2,1-2H3,(H,21,23)(H,22,24). The first-order valence-corrected chi connectivity index (χ1v) is 8.34. The first-order chi connectivity index (χ1) is 12.0. The number of rotatable bonds is 6. The van der Waals surface area contributed by atoms with E-state index in [9.17, 15) is 9.59 Å². The van der Waals surface area contributed by atoms with Crippen molar-refractivity contribution in [2.75, 3.05) is 19.0 Å². The number of carbonyl (C=O) groups is 2. The van der Waals surface area contributed by atoms with Gasteiger partial charge in [-0.05, 0) is 36.2 Å². The van der Waals surface area contributed by atoms with Gasteiger partial charge in [-0.1, -0.05) is 48.9 Å². The average Bonchev–Trinajstić information content (AvgIpc) is 2.65. The van der Waals surface area contributed by atoms with Crippen molar-refractivity contribution in [1.29, 1.82) is 0 Å². The quantitative estimate of drug-likeness (QED) is 0.776. The van der Waals surface area contributed by atoms with Crippen LogP contribution >= 0.6 is 11.6 Å². The number of hydrogen-bond donors (Lipinski definition) is 2. The zero-order chi connectivity index (χ0) is 18.3. The maximum absolute atomic E-state index is 12.1. The molecular formula is C19H21ClN2O3. The highest BCUT2D eigenvalue weighted by molar-refractivity contribution is 6.39.